The normalized spacial score (nSPS) is 21.7. The van der Waals surface area contributed by atoms with E-state index in [-0.39, 0.29) is 17.1 Å². The molecule has 1 aliphatic carbocycles. The summed E-state index contributed by atoms with van der Waals surface area (Å²) in [5.74, 6) is -0.0887. The molecule has 7 nitrogen and oxygen atoms in total. The van der Waals surface area contributed by atoms with Gasteiger partial charge in [0.05, 0.1) is 10.6 Å². The summed E-state index contributed by atoms with van der Waals surface area (Å²) in [6.07, 6.45) is 7.32. The van der Waals surface area contributed by atoms with Crippen LogP contribution < -0.4 is 16.0 Å². The molecule has 2 fully saturated rings. The highest BCUT2D eigenvalue weighted by atomic mass is 32.2. The Balaban J connectivity index is 1.12. The van der Waals surface area contributed by atoms with E-state index in [2.05, 4.69) is 32.0 Å². The lowest BCUT2D eigenvalue weighted by Gasteiger charge is -2.30. The van der Waals surface area contributed by atoms with Gasteiger partial charge in [0.1, 0.15) is 5.82 Å². The lowest BCUT2D eigenvalue weighted by Crippen LogP contribution is -2.36. The van der Waals surface area contributed by atoms with Crippen LogP contribution in [0, 0.1) is 5.82 Å². The first kappa shape index (κ1) is 22.5. The largest absolute Gasteiger partial charge is 0.351 e. The lowest BCUT2D eigenvalue weighted by molar-refractivity contribution is -0.115. The number of carbonyl (C=O) groups excluding carboxylic acids is 2. The van der Waals surface area contributed by atoms with E-state index in [1.807, 2.05) is 18.2 Å². The number of benzene rings is 2. The van der Waals surface area contributed by atoms with Gasteiger partial charge in [-0.15, -0.1) is 0 Å². The second-order valence-corrected chi connectivity index (χ2v) is 9.57. The molecule has 0 spiro atoms. The maximum absolute atomic E-state index is 13.4. The van der Waals surface area contributed by atoms with Gasteiger partial charge in [-0.05, 0) is 84.1 Å². The van der Waals surface area contributed by atoms with Gasteiger partial charge in [-0.25, -0.2) is 14.4 Å². The molecule has 3 N–H and O–H groups in total. The molecule has 3 aromatic rings. The number of imide groups is 1. The highest BCUT2D eigenvalue weighted by Gasteiger charge is 2.25. The average Bonchev–Trinajstić information content (AvgIpc) is 3.15. The molecule has 1 aromatic heterocycles. The molecule has 2 aromatic carbocycles. The van der Waals surface area contributed by atoms with E-state index in [9.17, 15) is 14.0 Å². The molecule has 0 unspecified atom stereocenters. The van der Waals surface area contributed by atoms with Crippen LogP contribution in [0.1, 0.15) is 36.9 Å². The highest BCUT2D eigenvalue weighted by Crippen LogP contribution is 2.26. The smallest absolute Gasteiger partial charge is 0.290 e. The van der Waals surface area contributed by atoms with Gasteiger partial charge >= 0.3 is 0 Å². The zero-order chi connectivity index (χ0) is 23.5. The number of halogens is 1. The van der Waals surface area contributed by atoms with E-state index in [1.165, 1.54) is 11.6 Å². The molecule has 174 valence electrons. The number of nitrogens with one attached hydrogen (secondary N) is 3. The van der Waals surface area contributed by atoms with E-state index in [1.54, 1.807) is 24.4 Å². The standard InChI is InChI=1S/C25H24FN5O2S/c26-18-4-3-16-11-15(1-2-17(16)12-18)14-28-19-5-7-20(8-6-19)29-24-27-10-9-21(30-24)13-22-23(32)31-25(33)34-22/h1-4,9-13,19-20,28H,5-8,14H2,(H,27,29,30)(H,31,32,33). The Bertz CT molecular complexity index is 1270. The highest BCUT2D eigenvalue weighted by molar-refractivity contribution is 8.18. The van der Waals surface area contributed by atoms with Gasteiger partial charge in [0, 0.05) is 24.8 Å². The van der Waals surface area contributed by atoms with Gasteiger partial charge in [-0.2, -0.15) is 0 Å². The van der Waals surface area contributed by atoms with E-state index in [0.29, 0.717) is 22.6 Å². The third kappa shape index (κ3) is 5.43. The minimum Gasteiger partial charge on any atom is -0.351 e. The van der Waals surface area contributed by atoms with Gasteiger partial charge in [0.15, 0.2) is 0 Å². The maximum Gasteiger partial charge on any atom is 0.290 e. The molecule has 9 heteroatoms. The van der Waals surface area contributed by atoms with Gasteiger partial charge in [-0.1, -0.05) is 18.2 Å². The van der Waals surface area contributed by atoms with Gasteiger partial charge < -0.3 is 10.6 Å². The van der Waals surface area contributed by atoms with E-state index >= 15 is 0 Å². The van der Waals surface area contributed by atoms with Crippen molar-refractivity contribution in [2.75, 3.05) is 5.32 Å². The van der Waals surface area contributed by atoms with Crippen molar-refractivity contribution in [2.24, 2.45) is 0 Å². The Morgan fingerprint density at radius 1 is 1.03 bits per heavy atom. The fraction of sp³-hybridized carbons (Fsp3) is 0.280. The number of carbonyl (C=O) groups is 2. The topological polar surface area (TPSA) is 96.0 Å². The minimum atomic E-state index is -0.397. The van der Waals surface area contributed by atoms with Crippen molar-refractivity contribution < 1.29 is 14.0 Å². The summed E-state index contributed by atoms with van der Waals surface area (Å²) in [5, 5.41) is 10.9. The Morgan fingerprint density at radius 2 is 1.79 bits per heavy atom. The van der Waals surface area contributed by atoms with E-state index in [0.717, 1.165) is 54.8 Å². The second kappa shape index (κ2) is 9.90. The van der Waals surface area contributed by atoms with Gasteiger partial charge in [0.2, 0.25) is 5.95 Å². The molecule has 5 rings (SSSR count). The average molecular weight is 478 g/mol. The molecule has 0 atom stereocenters. The number of hydrogen-bond acceptors (Lipinski definition) is 7. The first-order valence-electron chi connectivity index (χ1n) is 11.3. The summed E-state index contributed by atoms with van der Waals surface area (Å²) < 4.78 is 13.4. The van der Waals surface area contributed by atoms with Gasteiger partial charge in [0.25, 0.3) is 11.1 Å². The van der Waals surface area contributed by atoms with Crippen LogP contribution in [0.15, 0.2) is 53.6 Å². The van der Waals surface area contributed by atoms with Crippen molar-refractivity contribution in [2.45, 2.75) is 44.3 Å². The van der Waals surface area contributed by atoms with Crippen molar-refractivity contribution in [1.29, 1.82) is 0 Å². The fourth-order valence-corrected chi connectivity index (χ4v) is 5.01. The molecular formula is C25H24FN5O2S. The van der Waals surface area contributed by atoms with E-state index in [4.69, 9.17) is 0 Å². The van der Waals surface area contributed by atoms with E-state index < -0.39 is 5.91 Å². The zero-order valence-corrected chi connectivity index (χ0v) is 19.2. The monoisotopic (exact) mass is 477 g/mol. The van der Waals surface area contributed by atoms with Crippen LogP contribution >= 0.6 is 11.8 Å². The van der Waals surface area contributed by atoms with Crippen molar-refractivity contribution >= 4 is 45.7 Å². The molecule has 0 bridgehead atoms. The molecule has 2 heterocycles. The van der Waals surface area contributed by atoms with Crippen LogP contribution in [0.4, 0.5) is 15.1 Å². The molecule has 1 saturated carbocycles. The predicted octanol–water partition coefficient (Wildman–Crippen LogP) is 4.61. The van der Waals surface area contributed by atoms with Crippen molar-refractivity contribution in [3.63, 3.8) is 0 Å². The Hall–Kier alpha value is -3.30. The van der Waals surface area contributed by atoms with Gasteiger partial charge in [-0.3, -0.25) is 14.9 Å². The van der Waals surface area contributed by atoms with Crippen LogP contribution in [0.25, 0.3) is 16.8 Å². The number of anilines is 1. The van der Waals surface area contributed by atoms with Crippen LogP contribution in [-0.4, -0.2) is 33.2 Å². The third-order valence-corrected chi connectivity index (χ3v) is 6.93. The first-order chi connectivity index (χ1) is 16.5. The summed E-state index contributed by atoms with van der Waals surface area (Å²) in [7, 11) is 0. The van der Waals surface area contributed by atoms with Crippen LogP contribution in [0.2, 0.25) is 0 Å². The van der Waals surface area contributed by atoms with Crippen LogP contribution in [0.5, 0.6) is 0 Å². The summed E-state index contributed by atoms with van der Waals surface area (Å²) in [5.41, 5.74) is 1.77. The lowest BCUT2D eigenvalue weighted by atomic mass is 9.91. The molecule has 2 amide bonds. The third-order valence-electron chi connectivity index (χ3n) is 6.12. The quantitative estimate of drug-likeness (QED) is 0.446. The summed E-state index contributed by atoms with van der Waals surface area (Å²) >= 11 is 0.873. The molecule has 0 radical (unpaired) electrons. The summed E-state index contributed by atoms with van der Waals surface area (Å²) in [4.78, 5) is 32.2. The molecular weight excluding hydrogens is 453 g/mol. The molecule has 1 saturated heterocycles. The number of amides is 2. The zero-order valence-electron chi connectivity index (χ0n) is 18.4. The van der Waals surface area contributed by atoms with Crippen molar-refractivity contribution in [3.05, 3.63) is 70.6 Å². The number of hydrogen-bond donors (Lipinski definition) is 3. The number of nitrogens with zero attached hydrogens (tertiary/aromatic N) is 2. The minimum absolute atomic E-state index is 0.213. The molecule has 34 heavy (non-hydrogen) atoms. The Morgan fingerprint density at radius 3 is 2.59 bits per heavy atom. The summed E-state index contributed by atoms with van der Waals surface area (Å²) in [6.45, 7) is 0.782. The first-order valence-corrected chi connectivity index (χ1v) is 12.1. The fourth-order valence-electron chi connectivity index (χ4n) is 4.34. The van der Waals surface area contributed by atoms with Crippen LogP contribution in [-0.2, 0) is 11.3 Å². The molecule has 2 aliphatic rings. The SMILES string of the molecule is O=C1NC(=O)C(=Cc2ccnc(NC3CCC(NCc4ccc5cc(F)ccc5c4)CC3)n2)S1. The number of fused-ring (bicyclic) bond motifs is 1. The van der Waals surface area contributed by atoms with Crippen molar-refractivity contribution in [3.8, 4) is 0 Å². The summed E-state index contributed by atoms with van der Waals surface area (Å²) in [6, 6.07) is 13.4. The second-order valence-electron chi connectivity index (χ2n) is 8.56. The number of aromatic nitrogens is 2. The predicted molar refractivity (Wildman–Crippen MR) is 132 cm³/mol. The van der Waals surface area contributed by atoms with Crippen molar-refractivity contribution in [1.82, 2.24) is 20.6 Å². The Kier molecular flexibility index (Phi) is 6.55. The maximum atomic E-state index is 13.4. The Labute approximate surface area is 200 Å². The van der Waals surface area contributed by atoms with Crippen LogP contribution in [0.3, 0.4) is 0 Å². The number of thioether (sulfide) groups is 1. The number of rotatable bonds is 6. The molecule has 1 aliphatic heterocycles.